The number of rotatable bonds is 7. The predicted octanol–water partition coefficient (Wildman–Crippen LogP) is 1.04. The van der Waals surface area contributed by atoms with Gasteiger partial charge in [-0.1, -0.05) is 6.92 Å². The second-order valence-electron chi connectivity index (χ2n) is 4.52. The van der Waals surface area contributed by atoms with Gasteiger partial charge in [0, 0.05) is 19.0 Å². The zero-order chi connectivity index (χ0) is 15.1. The van der Waals surface area contributed by atoms with Crippen molar-refractivity contribution in [2.75, 3.05) is 11.9 Å². The van der Waals surface area contributed by atoms with Crippen LogP contribution in [0, 0.1) is 5.82 Å². The molecule has 2 amide bonds. The van der Waals surface area contributed by atoms with Gasteiger partial charge in [0.25, 0.3) is 5.91 Å². The number of anilines is 1. The number of halogens is 1. The van der Waals surface area contributed by atoms with Crippen molar-refractivity contribution < 1.29 is 14.0 Å². The maximum absolute atomic E-state index is 13.2. The lowest BCUT2D eigenvalue weighted by Crippen LogP contribution is -2.36. The zero-order valence-electron chi connectivity index (χ0n) is 11.6. The van der Waals surface area contributed by atoms with Crippen molar-refractivity contribution >= 4 is 17.6 Å². The molecule has 0 aliphatic heterocycles. The standard InChI is InChI=1S/C13H19FN4O2/c1-3-4-16-12-10(6-9(14)7-17-12)13(20)18-8(2)5-11(15)19/h6-8H,3-5H2,1-2H3,(H2,15,19)(H,16,17)(H,18,20). The summed E-state index contributed by atoms with van der Waals surface area (Å²) in [6, 6.07) is 0.680. The molecule has 1 aromatic heterocycles. The Kier molecular flexibility index (Phi) is 5.89. The first-order chi connectivity index (χ1) is 9.43. The number of hydrogen-bond donors (Lipinski definition) is 3. The maximum atomic E-state index is 13.2. The van der Waals surface area contributed by atoms with Crippen LogP contribution in [0.25, 0.3) is 0 Å². The number of amides is 2. The highest BCUT2D eigenvalue weighted by molar-refractivity contribution is 5.99. The van der Waals surface area contributed by atoms with Crippen LogP contribution in [0.4, 0.5) is 10.2 Å². The van der Waals surface area contributed by atoms with Gasteiger partial charge in [0.1, 0.15) is 11.6 Å². The normalized spacial score (nSPS) is 11.8. The van der Waals surface area contributed by atoms with Crippen LogP contribution < -0.4 is 16.4 Å². The van der Waals surface area contributed by atoms with Gasteiger partial charge < -0.3 is 16.4 Å². The molecule has 20 heavy (non-hydrogen) atoms. The van der Waals surface area contributed by atoms with E-state index in [2.05, 4.69) is 15.6 Å². The highest BCUT2D eigenvalue weighted by Crippen LogP contribution is 2.14. The third-order valence-corrected chi connectivity index (χ3v) is 2.53. The number of nitrogens with zero attached hydrogens (tertiary/aromatic N) is 1. The van der Waals surface area contributed by atoms with Crippen LogP contribution in [0.1, 0.15) is 37.0 Å². The van der Waals surface area contributed by atoms with Crippen LogP contribution in [0.5, 0.6) is 0 Å². The molecule has 0 aliphatic rings. The van der Waals surface area contributed by atoms with E-state index in [1.54, 1.807) is 6.92 Å². The van der Waals surface area contributed by atoms with E-state index >= 15 is 0 Å². The number of pyridine rings is 1. The quantitative estimate of drug-likeness (QED) is 0.696. The molecule has 1 atom stereocenters. The summed E-state index contributed by atoms with van der Waals surface area (Å²) < 4.78 is 13.2. The molecule has 0 saturated carbocycles. The minimum absolute atomic E-state index is 0.0200. The van der Waals surface area contributed by atoms with E-state index in [9.17, 15) is 14.0 Å². The molecule has 1 unspecified atom stereocenters. The number of primary amides is 1. The van der Waals surface area contributed by atoms with E-state index in [1.807, 2.05) is 6.92 Å². The minimum Gasteiger partial charge on any atom is -0.370 e. The van der Waals surface area contributed by atoms with Crippen LogP contribution >= 0.6 is 0 Å². The van der Waals surface area contributed by atoms with Crippen molar-refractivity contribution in [3.8, 4) is 0 Å². The second kappa shape index (κ2) is 7.42. The number of hydrogen-bond acceptors (Lipinski definition) is 4. The monoisotopic (exact) mass is 282 g/mol. The lowest BCUT2D eigenvalue weighted by Gasteiger charge is -2.14. The molecule has 1 rings (SSSR count). The average Bonchev–Trinajstić information content (AvgIpc) is 2.36. The molecule has 0 saturated heterocycles. The van der Waals surface area contributed by atoms with Gasteiger partial charge in [0.15, 0.2) is 0 Å². The Morgan fingerprint density at radius 3 is 2.80 bits per heavy atom. The van der Waals surface area contributed by atoms with E-state index in [1.165, 1.54) is 0 Å². The molecule has 1 heterocycles. The Morgan fingerprint density at radius 2 is 2.20 bits per heavy atom. The van der Waals surface area contributed by atoms with E-state index in [0.29, 0.717) is 12.4 Å². The van der Waals surface area contributed by atoms with Gasteiger partial charge in [0.05, 0.1) is 11.8 Å². The van der Waals surface area contributed by atoms with Gasteiger partial charge in [-0.15, -0.1) is 0 Å². The van der Waals surface area contributed by atoms with Gasteiger partial charge >= 0.3 is 0 Å². The number of carbonyl (C=O) groups is 2. The summed E-state index contributed by atoms with van der Waals surface area (Å²) in [5.41, 5.74) is 5.16. The van der Waals surface area contributed by atoms with E-state index < -0.39 is 23.7 Å². The number of nitrogens with two attached hydrogens (primary N) is 1. The van der Waals surface area contributed by atoms with Crippen molar-refractivity contribution in [3.05, 3.63) is 23.6 Å². The third kappa shape index (κ3) is 4.83. The summed E-state index contributed by atoms with van der Waals surface area (Å²) in [7, 11) is 0. The Labute approximate surface area is 116 Å². The molecule has 0 bridgehead atoms. The Balaban J connectivity index is 2.84. The van der Waals surface area contributed by atoms with Crippen LogP contribution in [-0.4, -0.2) is 29.4 Å². The smallest absolute Gasteiger partial charge is 0.255 e. The molecule has 0 spiro atoms. The molecule has 4 N–H and O–H groups in total. The van der Waals surface area contributed by atoms with Crippen molar-refractivity contribution in [3.63, 3.8) is 0 Å². The summed E-state index contributed by atoms with van der Waals surface area (Å²) >= 11 is 0. The van der Waals surface area contributed by atoms with Gasteiger partial charge in [-0.25, -0.2) is 9.37 Å². The van der Waals surface area contributed by atoms with E-state index in [-0.39, 0.29) is 12.0 Å². The molecule has 0 radical (unpaired) electrons. The molecule has 7 heteroatoms. The molecule has 6 nitrogen and oxygen atoms in total. The molecule has 0 fully saturated rings. The van der Waals surface area contributed by atoms with Crippen molar-refractivity contribution in [2.45, 2.75) is 32.7 Å². The summed E-state index contributed by atoms with van der Waals surface area (Å²) in [5, 5.41) is 5.54. The van der Waals surface area contributed by atoms with Crippen LogP contribution in [0.2, 0.25) is 0 Å². The highest BCUT2D eigenvalue weighted by Gasteiger charge is 2.16. The largest absolute Gasteiger partial charge is 0.370 e. The first-order valence-electron chi connectivity index (χ1n) is 6.42. The van der Waals surface area contributed by atoms with Gasteiger partial charge in [-0.2, -0.15) is 0 Å². The van der Waals surface area contributed by atoms with Crippen molar-refractivity contribution in [1.82, 2.24) is 10.3 Å². The number of nitrogens with one attached hydrogen (secondary N) is 2. The fourth-order valence-electron chi connectivity index (χ4n) is 1.65. The first-order valence-corrected chi connectivity index (χ1v) is 6.42. The van der Waals surface area contributed by atoms with E-state index in [0.717, 1.165) is 18.7 Å². The highest BCUT2D eigenvalue weighted by atomic mass is 19.1. The van der Waals surface area contributed by atoms with Crippen LogP contribution in [0.15, 0.2) is 12.3 Å². The maximum Gasteiger partial charge on any atom is 0.255 e. The average molecular weight is 282 g/mol. The number of carbonyl (C=O) groups excluding carboxylic acids is 2. The Bertz CT molecular complexity index is 493. The lowest BCUT2D eigenvalue weighted by molar-refractivity contribution is -0.118. The first kappa shape index (κ1) is 15.9. The van der Waals surface area contributed by atoms with Crippen molar-refractivity contribution in [2.24, 2.45) is 5.73 Å². The zero-order valence-corrected chi connectivity index (χ0v) is 11.6. The summed E-state index contributed by atoms with van der Waals surface area (Å²) in [6.45, 7) is 4.23. The fraction of sp³-hybridized carbons (Fsp3) is 0.462. The number of aromatic nitrogens is 1. The predicted molar refractivity (Wildman–Crippen MR) is 73.7 cm³/mol. The Morgan fingerprint density at radius 1 is 1.50 bits per heavy atom. The summed E-state index contributed by atoms with van der Waals surface area (Å²) in [5.74, 6) is -1.29. The topological polar surface area (TPSA) is 97.1 Å². The van der Waals surface area contributed by atoms with Crippen molar-refractivity contribution in [1.29, 1.82) is 0 Å². The third-order valence-electron chi connectivity index (χ3n) is 2.53. The fourth-order valence-corrected chi connectivity index (χ4v) is 1.65. The van der Waals surface area contributed by atoms with E-state index in [4.69, 9.17) is 5.73 Å². The lowest BCUT2D eigenvalue weighted by atomic mass is 10.2. The summed E-state index contributed by atoms with van der Waals surface area (Å²) in [4.78, 5) is 26.7. The van der Waals surface area contributed by atoms with Crippen LogP contribution in [0.3, 0.4) is 0 Å². The van der Waals surface area contributed by atoms with Gasteiger partial charge in [-0.05, 0) is 19.4 Å². The van der Waals surface area contributed by atoms with Gasteiger partial charge in [-0.3, -0.25) is 9.59 Å². The molecular formula is C13H19FN4O2. The SMILES string of the molecule is CCCNc1ncc(F)cc1C(=O)NC(C)CC(N)=O. The Hall–Kier alpha value is -2.18. The molecule has 1 aromatic rings. The minimum atomic E-state index is -0.597. The molecule has 0 aliphatic carbocycles. The molecule has 0 aromatic carbocycles. The summed E-state index contributed by atoms with van der Waals surface area (Å²) in [6.07, 6.45) is 1.91. The van der Waals surface area contributed by atoms with Crippen LogP contribution in [-0.2, 0) is 4.79 Å². The molecule has 110 valence electrons. The molecular weight excluding hydrogens is 263 g/mol. The second-order valence-corrected chi connectivity index (χ2v) is 4.52. The van der Waals surface area contributed by atoms with Gasteiger partial charge in [0.2, 0.25) is 5.91 Å².